The molecule has 0 aliphatic rings. The van der Waals surface area contributed by atoms with Gasteiger partial charge in [-0.3, -0.25) is 0 Å². The van der Waals surface area contributed by atoms with Crippen molar-refractivity contribution >= 4 is 55.9 Å². The second-order valence-corrected chi connectivity index (χ2v) is 18.5. The van der Waals surface area contributed by atoms with Crippen LogP contribution in [-0.4, -0.2) is 35.2 Å². The largest absolute Gasteiger partial charge is 0.0682 e. The van der Waals surface area contributed by atoms with E-state index in [0.717, 1.165) is 0 Å². The van der Waals surface area contributed by atoms with E-state index in [1.54, 1.807) is 20.7 Å². The van der Waals surface area contributed by atoms with E-state index in [2.05, 4.69) is 64.5 Å². The lowest BCUT2D eigenvalue weighted by Crippen LogP contribution is -2.55. The van der Waals surface area contributed by atoms with E-state index in [4.69, 9.17) is 0 Å². The molecular formula is C14H30Si4. The lowest BCUT2D eigenvalue weighted by molar-refractivity contribution is 1.79. The van der Waals surface area contributed by atoms with Gasteiger partial charge in [-0.25, -0.2) is 0 Å². The van der Waals surface area contributed by atoms with E-state index in [1.807, 2.05) is 0 Å². The quantitative estimate of drug-likeness (QED) is 0.709. The van der Waals surface area contributed by atoms with Crippen LogP contribution in [0.25, 0.3) is 0 Å². The zero-order valence-corrected chi connectivity index (χ0v) is 18.1. The van der Waals surface area contributed by atoms with Crippen LogP contribution in [0.4, 0.5) is 0 Å². The van der Waals surface area contributed by atoms with Crippen molar-refractivity contribution in [3.8, 4) is 0 Å². The summed E-state index contributed by atoms with van der Waals surface area (Å²) in [6.45, 7) is 20.0. The van der Waals surface area contributed by atoms with Gasteiger partial charge in [0.15, 0.2) is 0 Å². The van der Waals surface area contributed by atoms with Crippen molar-refractivity contribution in [3.05, 3.63) is 12.1 Å². The highest BCUT2D eigenvalue weighted by Gasteiger charge is 2.18. The molecule has 1 aromatic rings. The molecule has 0 nitrogen and oxygen atoms in total. The molecule has 0 aliphatic carbocycles. The van der Waals surface area contributed by atoms with Crippen molar-refractivity contribution in [1.82, 2.24) is 0 Å². The Hall–Kier alpha value is 0.0875. The van der Waals surface area contributed by atoms with Gasteiger partial charge in [0.25, 0.3) is 0 Å². The van der Waals surface area contributed by atoms with Gasteiger partial charge in [-0.15, -0.1) is 0 Å². The Labute approximate surface area is 120 Å². The number of benzene rings is 1. The van der Waals surface area contributed by atoms with Gasteiger partial charge in [0.2, 0.25) is 0 Å². The molecule has 0 saturated carbocycles. The Morgan fingerprint density at radius 1 is 0.444 bits per heavy atom. The third-order valence-electron chi connectivity index (χ3n) is 3.78. The van der Waals surface area contributed by atoms with Crippen LogP contribution >= 0.6 is 0 Å². The zero-order chi connectivity index (χ0) is 14.0. The molecule has 0 radical (unpaired) electrons. The molecule has 102 valence electrons. The molecule has 0 amide bonds. The van der Waals surface area contributed by atoms with E-state index in [9.17, 15) is 0 Å². The Balaban J connectivity index is 3.50. The highest BCUT2D eigenvalue weighted by Crippen LogP contribution is 1.93. The number of rotatable bonds is 4. The van der Waals surface area contributed by atoms with Crippen LogP contribution in [0, 0.1) is 0 Å². The molecule has 0 saturated heterocycles. The lowest BCUT2D eigenvalue weighted by Gasteiger charge is -2.23. The Kier molecular flexibility index (Phi) is 5.83. The van der Waals surface area contributed by atoms with Crippen molar-refractivity contribution < 1.29 is 0 Å². The molecule has 0 bridgehead atoms. The van der Waals surface area contributed by atoms with Gasteiger partial charge in [-0.2, -0.15) is 0 Å². The van der Waals surface area contributed by atoms with E-state index < -0.39 is 35.2 Å². The molecule has 0 atom stereocenters. The maximum Gasteiger partial charge on any atom is 0.0645 e. The van der Waals surface area contributed by atoms with Crippen molar-refractivity contribution in [1.29, 1.82) is 0 Å². The summed E-state index contributed by atoms with van der Waals surface area (Å²) in [6, 6.07) is 5.33. The first-order valence-electron chi connectivity index (χ1n) is 7.43. The van der Waals surface area contributed by atoms with Crippen LogP contribution in [0.1, 0.15) is 0 Å². The van der Waals surface area contributed by atoms with Crippen LogP contribution in [-0.2, 0) is 0 Å². The fourth-order valence-electron chi connectivity index (χ4n) is 2.67. The van der Waals surface area contributed by atoms with Gasteiger partial charge in [-0.05, 0) is 0 Å². The normalized spacial score (nSPS) is 12.2. The molecule has 1 aromatic carbocycles. The van der Waals surface area contributed by atoms with E-state index in [0.29, 0.717) is 0 Å². The van der Waals surface area contributed by atoms with Crippen molar-refractivity contribution in [2.45, 2.75) is 52.4 Å². The maximum atomic E-state index is 2.67. The topological polar surface area (TPSA) is 0 Å². The third kappa shape index (κ3) is 3.56. The summed E-state index contributed by atoms with van der Waals surface area (Å²) < 4.78 is 0. The fraction of sp³-hybridized carbons (Fsp3) is 0.571. The van der Waals surface area contributed by atoms with Gasteiger partial charge in [0.1, 0.15) is 0 Å². The lowest BCUT2D eigenvalue weighted by atomic mass is 10.3. The summed E-state index contributed by atoms with van der Waals surface area (Å²) in [5, 5.41) is 7.19. The Bertz CT molecular complexity index is 334. The van der Waals surface area contributed by atoms with Crippen molar-refractivity contribution in [2.75, 3.05) is 0 Å². The fourth-order valence-corrected chi connectivity index (χ4v) is 12.1. The summed E-state index contributed by atoms with van der Waals surface area (Å²) >= 11 is 0. The van der Waals surface area contributed by atoms with Crippen LogP contribution in [0.5, 0.6) is 0 Å². The summed E-state index contributed by atoms with van der Waals surface area (Å²) in [7, 11) is -2.69. The molecule has 0 aliphatic heterocycles. The minimum Gasteiger partial charge on any atom is -0.0682 e. The first-order valence-corrected chi connectivity index (χ1v) is 19.0. The first-order chi connectivity index (χ1) is 8.25. The summed E-state index contributed by atoms with van der Waals surface area (Å²) in [6.07, 6.45) is 0. The van der Waals surface area contributed by atoms with E-state index >= 15 is 0 Å². The minimum atomic E-state index is -0.673. The molecule has 0 unspecified atom stereocenters. The zero-order valence-electron chi connectivity index (χ0n) is 13.5. The van der Waals surface area contributed by atoms with E-state index in [-0.39, 0.29) is 0 Å². The summed E-state index contributed by atoms with van der Waals surface area (Å²) in [5.74, 6) is 0. The van der Waals surface area contributed by atoms with Crippen LogP contribution < -0.4 is 20.7 Å². The molecule has 0 N–H and O–H groups in total. The van der Waals surface area contributed by atoms with Crippen molar-refractivity contribution in [2.24, 2.45) is 0 Å². The standard InChI is InChI=1S/C14H30Si4/c1-15(2)11-9-13(17(5)6)14(18(7)8)10-12(11)16(3)4/h9-10,15-18H,1-8H3. The van der Waals surface area contributed by atoms with Crippen molar-refractivity contribution in [3.63, 3.8) is 0 Å². The first kappa shape index (κ1) is 16.1. The molecule has 0 fully saturated rings. The monoisotopic (exact) mass is 310 g/mol. The molecule has 4 heteroatoms. The van der Waals surface area contributed by atoms with Gasteiger partial charge >= 0.3 is 0 Å². The average molecular weight is 311 g/mol. The van der Waals surface area contributed by atoms with Gasteiger partial charge in [0.05, 0.1) is 35.2 Å². The molecule has 1 rings (SSSR count). The summed E-state index contributed by atoms with van der Waals surface area (Å²) in [5.41, 5.74) is 0. The average Bonchev–Trinajstić information content (AvgIpc) is 2.26. The molecule has 0 heterocycles. The van der Waals surface area contributed by atoms with Gasteiger partial charge in [-0.1, -0.05) is 85.3 Å². The van der Waals surface area contributed by atoms with Gasteiger partial charge in [0, 0.05) is 0 Å². The minimum absolute atomic E-state index is 0.673. The molecule has 18 heavy (non-hydrogen) atoms. The maximum absolute atomic E-state index is 2.67. The number of hydrogen-bond donors (Lipinski definition) is 0. The smallest absolute Gasteiger partial charge is 0.0645 e. The van der Waals surface area contributed by atoms with E-state index in [1.165, 1.54) is 0 Å². The Morgan fingerprint density at radius 3 is 0.722 bits per heavy atom. The Morgan fingerprint density at radius 2 is 0.611 bits per heavy atom. The second kappa shape index (κ2) is 6.50. The summed E-state index contributed by atoms with van der Waals surface area (Å²) in [4.78, 5) is 0. The number of hydrogen-bond acceptors (Lipinski definition) is 0. The van der Waals surface area contributed by atoms with Crippen LogP contribution in [0.2, 0.25) is 52.4 Å². The van der Waals surface area contributed by atoms with Crippen LogP contribution in [0.3, 0.4) is 0 Å². The van der Waals surface area contributed by atoms with Gasteiger partial charge < -0.3 is 0 Å². The highest BCUT2D eigenvalue weighted by molar-refractivity contribution is 6.86. The second-order valence-electron chi connectivity index (χ2n) is 6.73. The SMILES string of the molecule is C[SiH](C)c1cc([SiH](C)C)c([SiH](C)C)cc1[SiH](C)C. The predicted molar refractivity (Wildman–Crippen MR) is 100 cm³/mol. The molecule has 0 spiro atoms. The van der Waals surface area contributed by atoms with Crippen LogP contribution in [0.15, 0.2) is 12.1 Å². The highest BCUT2D eigenvalue weighted by atomic mass is 28.3. The third-order valence-corrected chi connectivity index (χ3v) is 11.4. The molecule has 0 aromatic heterocycles. The molecular weight excluding hydrogens is 280 g/mol. The predicted octanol–water partition coefficient (Wildman–Crippen LogP) is 0.461.